The molecule has 0 aliphatic rings. The van der Waals surface area contributed by atoms with Crippen molar-refractivity contribution in [3.63, 3.8) is 0 Å². The molecule has 0 aromatic heterocycles. The van der Waals surface area contributed by atoms with Crippen molar-refractivity contribution >= 4 is 15.9 Å². The third kappa shape index (κ3) is 3.84. The van der Waals surface area contributed by atoms with Gasteiger partial charge in [0.2, 0.25) is 0 Å². The SMILES string of the molecule is CNC(CCc1ccccc1)c1ccc(Br)cc1OC. The number of hydrogen-bond donors (Lipinski definition) is 1. The van der Waals surface area contributed by atoms with Crippen LogP contribution in [0.5, 0.6) is 5.75 Å². The van der Waals surface area contributed by atoms with Crippen LogP contribution in [-0.4, -0.2) is 14.2 Å². The molecule has 2 rings (SSSR count). The standard InChI is InChI=1S/C17H20BrNO/c1-19-16(11-8-13-6-4-3-5-7-13)15-10-9-14(18)12-17(15)20-2/h3-7,9-10,12,16,19H,8,11H2,1-2H3. The van der Waals surface area contributed by atoms with Gasteiger partial charge in [-0.25, -0.2) is 0 Å². The Morgan fingerprint density at radius 1 is 1.15 bits per heavy atom. The molecule has 1 unspecified atom stereocenters. The van der Waals surface area contributed by atoms with Crippen molar-refractivity contribution in [2.75, 3.05) is 14.2 Å². The summed E-state index contributed by atoms with van der Waals surface area (Å²) in [5, 5.41) is 3.39. The molecule has 1 atom stereocenters. The Balaban J connectivity index is 2.12. The quantitative estimate of drug-likeness (QED) is 0.848. The third-order valence-corrected chi connectivity index (χ3v) is 3.98. The van der Waals surface area contributed by atoms with Gasteiger partial charge in [-0.3, -0.25) is 0 Å². The average Bonchev–Trinajstić information content (AvgIpc) is 2.50. The number of nitrogens with one attached hydrogen (secondary N) is 1. The molecular formula is C17H20BrNO. The fraction of sp³-hybridized carbons (Fsp3) is 0.294. The molecule has 1 N–H and O–H groups in total. The van der Waals surface area contributed by atoms with Gasteiger partial charge in [0, 0.05) is 16.1 Å². The Kier molecular flexibility index (Phi) is 5.62. The molecule has 20 heavy (non-hydrogen) atoms. The summed E-state index contributed by atoms with van der Waals surface area (Å²) in [4.78, 5) is 0. The number of hydrogen-bond acceptors (Lipinski definition) is 2. The number of halogens is 1. The summed E-state index contributed by atoms with van der Waals surface area (Å²) in [6, 6.07) is 17.1. The highest BCUT2D eigenvalue weighted by Crippen LogP contribution is 2.30. The zero-order chi connectivity index (χ0) is 14.4. The highest BCUT2D eigenvalue weighted by atomic mass is 79.9. The van der Waals surface area contributed by atoms with E-state index >= 15 is 0 Å². The van der Waals surface area contributed by atoms with Crippen molar-refractivity contribution in [3.8, 4) is 5.75 Å². The van der Waals surface area contributed by atoms with Gasteiger partial charge in [0.1, 0.15) is 5.75 Å². The van der Waals surface area contributed by atoms with Crippen molar-refractivity contribution in [1.82, 2.24) is 5.32 Å². The van der Waals surface area contributed by atoms with E-state index in [1.807, 2.05) is 13.1 Å². The molecule has 3 heteroatoms. The van der Waals surface area contributed by atoms with Gasteiger partial charge in [-0.15, -0.1) is 0 Å². The molecule has 0 amide bonds. The molecule has 0 radical (unpaired) electrons. The van der Waals surface area contributed by atoms with Crippen LogP contribution in [0.25, 0.3) is 0 Å². The highest BCUT2D eigenvalue weighted by molar-refractivity contribution is 9.10. The Labute approximate surface area is 129 Å². The molecule has 0 aliphatic carbocycles. The molecule has 0 bridgehead atoms. The molecule has 106 valence electrons. The Bertz CT molecular complexity index is 542. The number of benzene rings is 2. The van der Waals surface area contributed by atoms with Crippen molar-refractivity contribution in [1.29, 1.82) is 0 Å². The summed E-state index contributed by atoms with van der Waals surface area (Å²) in [5.74, 6) is 0.923. The van der Waals surface area contributed by atoms with Crippen LogP contribution < -0.4 is 10.1 Å². The molecule has 0 aliphatic heterocycles. The zero-order valence-electron chi connectivity index (χ0n) is 11.9. The first-order chi connectivity index (χ1) is 9.74. The van der Waals surface area contributed by atoms with Gasteiger partial charge in [-0.2, -0.15) is 0 Å². The molecule has 0 saturated heterocycles. The van der Waals surface area contributed by atoms with Crippen LogP contribution in [0.1, 0.15) is 23.6 Å². The summed E-state index contributed by atoms with van der Waals surface area (Å²) < 4.78 is 6.53. The van der Waals surface area contributed by atoms with E-state index < -0.39 is 0 Å². The van der Waals surface area contributed by atoms with E-state index in [0.29, 0.717) is 6.04 Å². The highest BCUT2D eigenvalue weighted by Gasteiger charge is 2.14. The number of methoxy groups -OCH3 is 1. The number of rotatable bonds is 6. The Morgan fingerprint density at radius 3 is 2.55 bits per heavy atom. The smallest absolute Gasteiger partial charge is 0.124 e. The van der Waals surface area contributed by atoms with Crippen LogP contribution in [0.2, 0.25) is 0 Å². The van der Waals surface area contributed by atoms with Gasteiger partial charge in [-0.05, 0) is 37.6 Å². The second kappa shape index (κ2) is 7.46. The number of ether oxygens (including phenoxy) is 1. The zero-order valence-corrected chi connectivity index (χ0v) is 13.5. The van der Waals surface area contributed by atoms with Gasteiger partial charge in [0.15, 0.2) is 0 Å². The normalized spacial score (nSPS) is 12.2. The maximum atomic E-state index is 5.49. The first-order valence-electron chi connectivity index (χ1n) is 6.79. The minimum Gasteiger partial charge on any atom is -0.496 e. The van der Waals surface area contributed by atoms with Crippen molar-refractivity contribution in [2.24, 2.45) is 0 Å². The van der Waals surface area contributed by atoms with E-state index in [1.165, 1.54) is 11.1 Å². The van der Waals surface area contributed by atoms with E-state index in [0.717, 1.165) is 23.1 Å². The van der Waals surface area contributed by atoms with E-state index in [2.05, 4.69) is 63.7 Å². The molecule has 2 nitrogen and oxygen atoms in total. The topological polar surface area (TPSA) is 21.3 Å². The van der Waals surface area contributed by atoms with Gasteiger partial charge in [-0.1, -0.05) is 52.3 Å². The molecule has 0 fully saturated rings. The lowest BCUT2D eigenvalue weighted by Gasteiger charge is -2.19. The maximum absolute atomic E-state index is 5.49. The van der Waals surface area contributed by atoms with Gasteiger partial charge in [0.05, 0.1) is 7.11 Å². The lowest BCUT2D eigenvalue weighted by Crippen LogP contribution is -2.18. The second-order valence-electron chi connectivity index (χ2n) is 4.75. The van der Waals surface area contributed by atoms with Gasteiger partial charge in [0.25, 0.3) is 0 Å². The largest absolute Gasteiger partial charge is 0.496 e. The summed E-state index contributed by atoms with van der Waals surface area (Å²) in [6.45, 7) is 0. The lowest BCUT2D eigenvalue weighted by atomic mass is 9.98. The first kappa shape index (κ1) is 15.1. The van der Waals surface area contributed by atoms with E-state index in [-0.39, 0.29) is 0 Å². The fourth-order valence-electron chi connectivity index (χ4n) is 2.38. The minimum atomic E-state index is 0.290. The lowest BCUT2D eigenvalue weighted by molar-refractivity contribution is 0.398. The molecular weight excluding hydrogens is 314 g/mol. The van der Waals surface area contributed by atoms with Crippen LogP contribution in [0, 0.1) is 0 Å². The maximum Gasteiger partial charge on any atom is 0.124 e. The second-order valence-corrected chi connectivity index (χ2v) is 5.67. The summed E-state index contributed by atoms with van der Waals surface area (Å²) >= 11 is 3.48. The summed E-state index contributed by atoms with van der Waals surface area (Å²) in [6.07, 6.45) is 2.09. The Hall–Kier alpha value is -1.32. The van der Waals surface area contributed by atoms with Crippen LogP contribution in [0.3, 0.4) is 0 Å². The van der Waals surface area contributed by atoms with Crippen LogP contribution >= 0.6 is 15.9 Å². The molecule has 2 aromatic rings. The van der Waals surface area contributed by atoms with Crippen molar-refractivity contribution < 1.29 is 4.74 Å². The van der Waals surface area contributed by atoms with Crippen LogP contribution in [-0.2, 0) is 6.42 Å². The summed E-state index contributed by atoms with van der Waals surface area (Å²) in [7, 11) is 3.71. The monoisotopic (exact) mass is 333 g/mol. The number of aryl methyl sites for hydroxylation is 1. The third-order valence-electron chi connectivity index (χ3n) is 3.48. The molecule has 0 spiro atoms. The fourth-order valence-corrected chi connectivity index (χ4v) is 2.72. The van der Waals surface area contributed by atoms with E-state index in [9.17, 15) is 0 Å². The summed E-state index contributed by atoms with van der Waals surface area (Å²) in [5.41, 5.74) is 2.57. The predicted molar refractivity (Wildman–Crippen MR) is 87.3 cm³/mol. The van der Waals surface area contributed by atoms with Gasteiger partial charge >= 0.3 is 0 Å². The average molecular weight is 334 g/mol. The first-order valence-corrected chi connectivity index (χ1v) is 7.58. The van der Waals surface area contributed by atoms with Crippen LogP contribution in [0.4, 0.5) is 0 Å². The predicted octanol–water partition coefficient (Wildman–Crippen LogP) is 4.35. The van der Waals surface area contributed by atoms with Crippen molar-refractivity contribution in [2.45, 2.75) is 18.9 Å². The van der Waals surface area contributed by atoms with Crippen LogP contribution in [0.15, 0.2) is 53.0 Å². The van der Waals surface area contributed by atoms with Gasteiger partial charge < -0.3 is 10.1 Å². The van der Waals surface area contributed by atoms with Crippen molar-refractivity contribution in [3.05, 3.63) is 64.1 Å². The molecule has 2 aromatic carbocycles. The van der Waals surface area contributed by atoms with E-state index in [4.69, 9.17) is 4.74 Å². The van der Waals surface area contributed by atoms with E-state index in [1.54, 1.807) is 7.11 Å². The molecule has 0 heterocycles. The molecule has 0 saturated carbocycles. The Morgan fingerprint density at radius 2 is 1.90 bits per heavy atom. The minimum absolute atomic E-state index is 0.290.